The lowest BCUT2D eigenvalue weighted by molar-refractivity contribution is 0.265. The number of benzene rings is 1. The van der Waals surface area contributed by atoms with Crippen molar-refractivity contribution in [3.8, 4) is 28.7 Å². The van der Waals surface area contributed by atoms with E-state index in [-0.39, 0.29) is 6.04 Å². The monoisotopic (exact) mass is 323 g/mol. The highest BCUT2D eigenvalue weighted by Crippen LogP contribution is 2.40. The number of nitriles is 1. The van der Waals surface area contributed by atoms with Gasteiger partial charge in [-0.1, -0.05) is 13.8 Å². The Labute approximate surface area is 142 Å². The second-order valence-corrected chi connectivity index (χ2v) is 6.48. The molecule has 0 unspecified atom stereocenters. The van der Waals surface area contributed by atoms with Gasteiger partial charge in [0.2, 0.25) is 0 Å². The summed E-state index contributed by atoms with van der Waals surface area (Å²) in [5.74, 6) is 1.75. The average Bonchev–Trinajstić information content (AvgIpc) is 2.58. The summed E-state index contributed by atoms with van der Waals surface area (Å²) in [4.78, 5) is 4.12. The van der Waals surface area contributed by atoms with Crippen LogP contribution in [-0.4, -0.2) is 17.6 Å². The van der Waals surface area contributed by atoms with Gasteiger partial charge in [-0.05, 0) is 30.0 Å². The highest BCUT2D eigenvalue weighted by atomic mass is 16.5. The number of hydrogen-bond donors (Lipinski definition) is 1. The molecule has 0 radical (unpaired) electrons. The van der Waals surface area contributed by atoms with E-state index >= 15 is 0 Å². The lowest BCUT2D eigenvalue weighted by Gasteiger charge is -2.22. The van der Waals surface area contributed by atoms with Crippen molar-refractivity contribution in [3.63, 3.8) is 0 Å². The molecule has 0 amide bonds. The van der Waals surface area contributed by atoms with Gasteiger partial charge in [-0.25, -0.2) is 0 Å². The van der Waals surface area contributed by atoms with Gasteiger partial charge in [-0.2, -0.15) is 5.26 Å². The van der Waals surface area contributed by atoms with Crippen LogP contribution in [0.3, 0.4) is 0 Å². The summed E-state index contributed by atoms with van der Waals surface area (Å²) < 4.78 is 11.6. The molecule has 1 aliphatic heterocycles. The standard InChI is InChI=1S/C19H21N3O2/c1-12(2)5-15(21)11-24-18-7-19-17(6-13(18)8-20)16-3-4-22-9-14(16)10-23-19/h3-4,6-7,9,12,15H,5,10-11,21H2,1-2H3/t15-/m0/s1. The quantitative estimate of drug-likeness (QED) is 0.913. The number of rotatable bonds is 5. The van der Waals surface area contributed by atoms with E-state index in [0.29, 0.717) is 30.4 Å². The van der Waals surface area contributed by atoms with Crippen LogP contribution in [0.4, 0.5) is 0 Å². The second-order valence-electron chi connectivity index (χ2n) is 6.48. The summed E-state index contributed by atoms with van der Waals surface area (Å²) in [7, 11) is 0. The Balaban J connectivity index is 1.87. The fraction of sp³-hybridized carbons (Fsp3) is 0.368. The first kappa shape index (κ1) is 16.3. The smallest absolute Gasteiger partial charge is 0.140 e. The summed E-state index contributed by atoms with van der Waals surface area (Å²) in [5.41, 5.74) is 9.51. The van der Waals surface area contributed by atoms with Crippen LogP contribution in [-0.2, 0) is 6.61 Å². The maximum absolute atomic E-state index is 9.46. The van der Waals surface area contributed by atoms with Crippen molar-refractivity contribution in [3.05, 3.63) is 41.7 Å². The third kappa shape index (κ3) is 3.34. The van der Waals surface area contributed by atoms with Crippen LogP contribution >= 0.6 is 0 Å². The van der Waals surface area contributed by atoms with E-state index in [2.05, 4.69) is 24.9 Å². The van der Waals surface area contributed by atoms with Crippen molar-refractivity contribution in [2.75, 3.05) is 6.61 Å². The molecule has 3 rings (SSSR count). The van der Waals surface area contributed by atoms with Gasteiger partial charge in [-0.15, -0.1) is 0 Å². The number of nitrogens with two attached hydrogens (primary N) is 1. The third-order valence-corrected chi connectivity index (χ3v) is 4.01. The SMILES string of the molecule is CC(C)C[C@H](N)COc1cc2c(cc1C#N)-c1ccncc1CO2. The van der Waals surface area contributed by atoms with Crippen LogP contribution in [0.1, 0.15) is 31.4 Å². The number of nitrogens with zero attached hydrogens (tertiary/aromatic N) is 2. The van der Waals surface area contributed by atoms with Crippen molar-refractivity contribution in [1.82, 2.24) is 4.98 Å². The largest absolute Gasteiger partial charge is 0.490 e. The number of aromatic nitrogens is 1. The van der Waals surface area contributed by atoms with Crippen LogP contribution in [0.2, 0.25) is 0 Å². The molecule has 2 heterocycles. The Kier molecular flexibility index (Phi) is 4.68. The zero-order chi connectivity index (χ0) is 17.1. The molecule has 5 nitrogen and oxygen atoms in total. The molecule has 0 spiro atoms. The van der Waals surface area contributed by atoms with Crippen LogP contribution < -0.4 is 15.2 Å². The molecule has 1 atom stereocenters. The summed E-state index contributed by atoms with van der Waals surface area (Å²) in [6, 6.07) is 7.70. The molecule has 2 aromatic rings. The summed E-state index contributed by atoms with van der Waals surface area (Å²) in [6.07, 6.45) is 4.42. The molecule has 0 fully saturated rings. The van der Waals surface area contributed by atoms with Crippen LogP contribution in [0.15, 0.2) is 30.6 Å². The van der Waals surface area contributed by atoms with Gasteiger partial charge in [0.1, 0.15) is 30.8 Å². The van der Waals surface area contributed by atoms with E-state index in [4.69, 9.17) is 15.2 Å². The first-order chi connectivity index (χ1) is 11.6. The van der Waals surface area contributed by atoms with Crippen molar-refractivity contribution in [2.24, 2.45) is 11.7 Å². The van der Waals surface area contributed by atoms with E-state index in [1.54, 1.807) is 18.5 Å². The Hall–Kier alpha value is -2.58. The predicted octanol–water partition coefficient (Wildman–Crippen LogP) is 3.26. The van der Waals surface area contributed by atoms with Crippen LogP contribution in [0, 0.1) is 17.2 Å². The minimum absolute atomic E-state index is 0.0553. The molecule has 1 aliphatic rings. The van der Waals surface area contributed by atoms with Gasteiger partial charge in [0, 0.05) is 35.6 Å². The molecule has 2 N–H and O–H groups in total. The van der Waals surface area contributed by atoms with Crippen molar-refractivity contribution in [1.29, 1.82) is 5.26 Å². The molecular formula is C19H21N3O2. The van der Waals surface area contributed by atoms with Crippen LogP contribution in [0.5, 0.6) is 11.5 Å². The number of pyridine rings is 1. The Morgan fingerprint density at radius 1 is 1.38 bits per heavy atom. The molecule has 124 valence electrons. The van der Waals surface area contributed by atoms with E-state index in [1.807, 2.05) is 12.1 Å². The molecule has 0 aliphatic carbocycles. The Bertz CT molecular complexity index is 781. The van der Waals surface area contributed by atoms with E-state index < -0.39 is 0 Å². The fourth-order valence-corrected chi connectivity index (χ4v) is 2.93. The van der Waals surface area contributed by atoms with Gasteiger partial charge in [0.05, 0.1) is 5.56 Å². The molecule has 5 heteroatoms. The maximum atomic E-state index is 9.46. The van der Waals surface area contributed by atoms with E-state index in [0.717, 1.165) is 28.9 Å². The molecule has 0 bridgehead atoms. The number of fused-ring (bicyclic) bond motifs is 3. The highest BCUT2D eigenvalue weighted by Gasteiger charge is 2.21. The zero-order valence-corrected chi connectivity index (χ0v) is 14.0. The minimum atomic E-state index is -0.0553. The first-order valence-electron chi connectivity index (χ1n) is 8.11. The van der Waals surface area contributed by atoms with Crippen molar-refractivity contribution < 1.29 is 9.47 Å². The van der Waals surface area contributed by atoms with Gasteiger partial charge in [0.15, 0.2) is 0 Å². The summed E-state index contributed by atoms with van der Waals surface area (Å²) in [6.45, 7) is 5.10. The van der Waals surface area contributed by atoms with Gasteiger partial charge < -0.3 is 15.2 Å². The topological polar surface area (TPSA) is 81.2 Å². The van der Waals surface area contributed by atoms with Gasteiger partial charge in [0.25, 0.3) is 0 Å². The molecule has 0 saturated heterocycles. The lowest BCUT2D eigenvalue weighted by atomic mass is 9.97. The van der Waals surface area contributed by atoms with Crippen molar-refractivity contribution >= 4 is 0 Å². The van der Waals surface area contributed by atoms with E-state index in [9.17, 15) is 5.26 Å². The lowest BCUT2D eigenvalue weighted by Crippen LogP contribution is -2.29. The zero-order valence-electron chi connectivity index (χ0n) is 14.0. The second kappa shape index (κ2) is 6.90. The Morgan fingerprint density at radius 2 is 2.21 bits per heavy atom. The molecule has 0 saturated carbocycles. The van der Waals surface area contributed by atoms with Crippen molar-refractivity contribution in [2.45, 2.75) is 32.9 Å². The third-order valence-electron chi connectivity index (χ3n) is 4.01. The number of hydrogen-bond acceptors (Lipinski definition) is 5. The molecule has 1 aromatic carbocycles. The Morgan fingerprint density at radius 3 is 2.96 bits per heavy atom. The summed E-state index contributed by atoms with van der Waals surface area (Å²) >= 11 is 0. The normalized spacial score (nSPS) is 13.5. The van der Waals surface area contributed by atoms with Crippen LogP contribution in [0.25, 0.3) is 11.1 Å². The first-order valence-corrected chi connectivity index (χ1v) is 8.11. The van der Waals surface area contributed by atoms with Gasteiger partial charge in [-0.3, -0.25) is 4.98 Å². The van der Waals surface area contributed by atoms with Gasteiger partial charge >= 0.3 is 0 Å². The number of ether oxygens (including phenoxy) is 2. The molecule has 24 heavy (non-hydrogen) atoms. The average molecular weight is 323 g/mol. The fourth-order valence-electron chi connectivity index (χ4n) is 2.93. The molecule has 1 aromatic heterocycles. The highest BCUT2D eigenvalue weighted by molar-refractivity contribution is 5.77. The predicted molar refractivity (Wildman–Crippen MR) is 91.6 cm³/mol. The summed E-state index contributed by atoms with van der Waals surface area (Å²) in [5, 5.41) is 9.46. The minimum Gasteiger partial charge on any atom is -0.490 e. The van der Waals surface area contributed by atoms with E-state index in [1.165, 1.54) is 0 Å². The maximum Gasteiger partial charge on any atom is 0.140 e. The molecular weight excluding hydrogens is 302 g/mol.